The number of halogens is 1. The molecule has 4 heteroatoms. The van der Waals surface area contributed by atoms with Gasteiger partial charge in [0.25, 0.3) is 0 Å². The molecule has 2 heterocycles. The van der Waals surface area contributed by atoms with Crippen LogP contribution in [0.4, 0.5) is 0 Å². The molecule has 0 atom stereocenters. The maximum atomic E-state index is 6.71. The van der Waals surface area contributed by atoms with Crippen molar-refractivity contribution >= 4 is 54.1 Å². The molecule has 0 aliphatic heterocycles. The number of hydrogen-bond donors (Lipinski definition) is 0. The zero-order chi connectivity index (χ0) is 19.8. The highest BCUT2D eigenvalue weighted by Gasteiger charge is 2.23. The molecule has 0 spiro atoms. The van der Waals surface area contributed by atoms with Gasteiger partial charge >= 0.3 is 0 Å². The highest BCUT2D eigenvalue weighted by atomic mass is 35.5. The largest absolute Gasteiger partial charge is 0.232 e. The quantitative estimate of drug-likeness (QED) is 0.269. The minimum atomic E-state index is 0.447. The predicted molar refractivity (Wildman–Crippen MR) is 127 cm³/mol. The van der Waals surface area contributed by atoms with E-state index < -0.39 is 0 Å². The molecule has 0 amide bonds. The summed E-state index contributed by atoms with van der Waals surface area (Å²) < 4.78 is 1.18. The molecule has 0 bridgehead atoms. The van der Waals surface area contributed by atoms with Crippen LogP contribution in [0, 0.1) is 0 Å². The molecular formula is C26H13ClN2S. The molecule has 1 aliphatic carbocycles. The van der Waals surface area contributed by atoms with E-state index in [0.717, 1.165) is 32.4 Å². The van der Waals surface area contributed by atoms with Crippen LogP contribution in [0.5, 0.6) is 0 Å². The normalized spacial score (nSPS) is 12.2. The molecule has 4 aromatic carbocycles. The van der Waals surface area contributed by atoms with Crippen molar-refractivity contribution in [1.29, 1.82) is 0 Å². The highest BCUT2D eigenvalue weighted by Crippen LogP contribution is 2.49. The molecule has 0 unspecified atom stereocenters. The van der Waals surface area contributed by atoms with Crippen molar-refractivity contribution in [1.82, 2.24) is 9.97 Å². The molecule has 0 saturated heterocycles. The van der Waals surface area contributed by atoms with E-state index >= 15 is 0 Å². The zero-order valence-corrected chi connectivity index (χ0v) is 17.3. The molecule has 0 fully saturated rings. The Morgan fingerprint density at radius 1 is 0.600 bits per heavy atom. The smallest absolute Gasteiger partial charge is 0.156 e. The van der Waals surface area contributed by atoms with Crippen LogP contribution in [0.2, 0.25) is 5.15 Å². The van der Waals surface area contributed by atoms with Gasteiger partial charge < -0.3 is 0 Å². The second-order valence-electron chi connectivity index (χ2n) is 7.55. The first-order valence-corrected chi connectivity index (χ1v) is 11.0. The van der Waals surface area contributed by atoms with Crippen LogP contribution in [-0.4, -0.2) is 9.97 Å². The lowest BCUT2D eigenvalue weighted by molar-refractivity contribution is 1.32. The first-order chi connectivity index (χ1) is 14.8. The number of rotatable bonds is 1. The molecular weight excluding hydrogens is 408 g/mol. The maximum absolute atomic E-state index is 6.71. The van der Waals surface area contributed by atoms with Crippen LogP contribution in [0.15, 0.2) is 78.9 Å². The van der Waals surface area contributed by atoms with Gasteiger partial charge in [0.2, 0.25) is 0 Å². The summed E-state index contributed by atoms with van der Waals surface area (Å²) in [4.78, 5) is 10.7. The number of thiophene rings is 1. The summed E-state index contributed by atoms with van der Waals surface area (Å²) in [6, 6.07) is 27.7. The van der Waals surface area contributed by atoms with Gasteiger partial charge in [0.05, 0.1) is 0 Å². The van der Waals surface area contributed by atoms with Crippen molar-refractivity contribution in [2.75, 3.05) is 0 Å². The van der Waals surface area contributed by atoms with Gasteiger partial charge in [0.1, 0.15) is 16.0 Å². The van der Waals surface area contributed by atoms with Crippen LogP contribution in [0.25, 0.3) is 64.7 Å². The van der Waals surface area contributed by atoms with E-state index in [-0.39, 0.29) is 0 Å². The summed E-state index contributed by atoms with van der Waals surface area (Å²) in [5.74, 6) is 0. The molecule has 6 aromatic rings. The van der Waals surface area contributed by atoms with Crippen LogP contribution in [-0.2, 0) is 0 Å². The second kappa shape index (κ2) is 5.88. The van der Waals surface area contributed by atoms with Crippen molar-refractivity contribution in [3.63, 3.8) is 0 Å². The van der Waals surface area contributed by atoms with E-state index in [1.807, 2.05) is 12.1 Å². The average Bonchev–Trinajstić information content (AvgIpc) is 3.31. The summed E-state index contributed by atoms with van der Waals surface area (Å²) >= 11 is 8.37. The Hall–Kier alpha value is -3.27. The molecule has 2 nitrogen and oxygen atoms in total. The topological polar surface area (TPSA) is 25.8 Å². The summed E-state index contributed by atoms with van der Waals surface area (Å²) in [5.41, 5.74) is 7.76. The van der Waals surface area contributed by atoms with Gasteiger partial charge in [-0.15, -0.1) is 11.3 Å². The third kappa shape index (κ3) is 2.08. The number of aromatic nitrogens is 2. The van der Waals surface area contributed by atoms with E-state index in [2.05, 4.69) is 66.7 Å². The van der Waals surface area contributed by atoms with Crippen molar-refractivity contribution < 1.29 is 0 Å². The van der Waals surface area contributed by atoms with E-state index in [4.69, 9.17) is 21.6 Å². The van der Waals surface area contributed by atoms with Crippen molar-refractivity contribution in [2.24, 2.45) is 0 Å². The van der Waals surface area contributed by atoms with Crippen LogP contribution in [0.1, 0.15) is 0 Å². The van der Waals surface area contributed by atoms with Gasteiger partial charge in [-0.25, -0.2) is 9.97 Å². The maximum Gasteiger partial charge on any atom is 0.156 e. The fourth-order valence-corrected chi connectivity index (χ4v) is 5.94. The lowest BCUT2D eigenvalue weighted by Gasteiger charge is -2.10. The first kappa shape index (κ1) is 16.5. The number of hydrogen-bond acceptors (Lipinski definition) is 3. The first-order valence-electron chi connectivity index (χ1n) is 9.80. The van der Waals surface area contributed by atoms with Crippen LogP contribution in [0.3, 0.4) is 0 Å². The van der Waals surface area contributed by atoms with Gasteiger partial charge in [0, 0.05) is 15.6 Å². The molecule has 0 saturated carbocycles. The number of nitrogens with zero attached hydrogens (tertiary/aromatic N) is 2. The molecule has 140 valence electrons. The van der Waals surface area contributed by atoms with Crippen molar-refractivity contribution in [3.05, 3.63) is 84.0 Å². The van der Waals surface area contributed by atoms with Gasteiger partial charge in [0.15, 0.2) is 5.15 Å². The van der Waals surface area contributed by atoms with E-state index in [1.54, 1.807) is 11.3 Å². The fourth-order valence-electron chi connectivity index (χ4n) is 4.69. The molecule has 0 radical (unpaired) electrons. The number of fused-ring (bicyclic) bond motifs is 6. The van der Waals surface area contributed by atoms with Crippen LogP contribution < -0.4 is 0 Å². The SMILES string of the molecule is Clc1nc2c(nc1-c1ccc3c4c(cccc14)-c1ccccc1-3)sc1ccccc12. The fraction of sp³-hybridized carbons (Fsp3) is 0. The number of benzene rings is 4. The Kier molecular flexibility index (Phi) is 3.24. The Labute approximate surface area is 181 Å². The van der Waals surface area contributed by atoms with Crippen LogP contribution >= 0.6 is 22.9 Å². The molecule has 2 aromatic heterocycles. The van der Waals surface area contributed by atoms with E-state index in [9.17, 15) is 0 Å². The third-order valence-corrected chi connectivity index (χ3v) is 7.29. The summed E-state index contributed by atoms with van der Waals surface area (Å²) in [6.45, 7) is 0. The Morgan fingerprint density at radius 2 is 1.27 bits per heavy atom. The summed E-state index contributed by atoms with van der Waals surface area (Å²) in [7, 11) is 0. The minimum Gasteiger partial charge on any atom is -0.232 e. The lowest BCUT2D eigenvalue weighted by atomic mass is 9.97. The Bertz CT molecular complexity index is 1640. The van der Waals surface area contributed by atoms with Gasteiger partial charge in [-0.2, -0.15) is 0 Å². The molecule has 1 aliphatic rings. The third-order valence-electron chi connectivity index (χ3n) is 5.97. The van der Waals surface area contributed by atoms with Gasteiger partial charge in [-0.3, -0.25) is 0 Å². The lowest BCUT2D eigenvalue weighted by Crippen LogP contribution is -1.91. The summed E-state index contributed by atoms with van der Waals surface area (Å²) in [5, 5.41) is 3.99. The Balaban J connectivity index is 1.55. The van der Waals surface area contributed by atoms with Gasteiger partial charge in [-0.1, -0.05) is 84.4 Å². The van der Waals surface area contributed by atoms with Gasteiger partial charge in [-0.05, 0) is 39.1 Å². The molecule has 7 rings (SSSR count). The second-order valence-corrected chi connectivity index (χ2v) is 8.94. The standard InChI is InChI=1S/C26H13ClN2S/c27-25-23(29-26-24(28-25)20-8-3-4-11-21(20)30-26)19-13-12-18-15-7-2-1-6-14(15)16-9-5-10-17(19)22(16)18/h1-13H. The summed E-state index contributed by atoms with van der Waals surface area (Å²) in [6.07, 6.45) is 0. The average molecular weight is 421 g/mol. The molecule has 0 N–H and O–H groups in total. The van der Waals surface area contributed by atoms with E-state index in [0.29, 0.717) is 5.15 Å². The van der Waals surface area contributed by atoms with Crippen molar-refractivity contribution in [2.45, 2.75) is 0 Å². The Morgan fingerprint density at radius 3 is 2.13 bits per heavy atom. The molecule has 30 heavy (non-hydrogen) atoms. The highest BCUT2D eigenvalue weighted by molar-refractivity contribution is 7.25. The van der Waals surface area contributed by atoms with Crippen molar-refractivity contribution in [3.8, 4) is 33.5 Å². The monoisotopic (exact) mass is 420 g/mol. The predicted octanol–water partition coefficient (Wildman–Crippen LogP) is 7.97. The minimum absolute atomic E-state index is 0.447. The zero-order valence-electron chi connectivity index (χ0n) is 15.7. The van der Waals surface area contributed by atoms with E-state index in [1.165, 1.54) is 32.3 Å².